The van der Waals surface area contributed by atoms with Crippen LogP contribution in [-0.2, 0) is 14.4 Å². The fourth-order valence-electron chi connectivity index (χ4n) is 1.87. The smallest absolute Gasteiger partial charge is 0.411 e. The first-order chi connectivity index (χ1) is 8.65. The lowest BCUT2D eigenvalue weighted by atomic mass is 10.2. The molecule has 0 saturated carbocycles. The maximum absolute atomic E-state index is 12.0. The Morgan fingerprint density at radius 3 is 2.42 bits per heavy atom. The predicted molar refractivity (Wildman–Crippen MR) is 67.1 cm³/mol. The van der Waals surface area contributed by atoms with Crippen LogP contribution in [0.25, 0.3) is 0 Å². The Hall–Kier alpha value is -1.34. The van der Waals surface area contributed by atoms with Crippen molar-refractivity contribution in [3.05, 3.63) is 0 Å². The number of rotatable bonds is 2. The van der Waals surface area contributed by atoms with Crippen LogP contribution in [0.2, 0.25) is 0 Å². The van der Waals surface area contributed by atoms with Crippen molar-refractivity contribution in [2.45, 2.75) is 44.9 Å². The molecule has 7 heteroatoms. The van der Waals surface area contributed by atoms with Crippen LogP contribution in [-0.4, -0.2) is 65.5 Å². The number of likely N-dealkylation sites (tertiary alicyclic amines) is 1. The number of amides is 2. The number of nitrogens with zero attached hydrogens (tertiary/aromatic N) is 2. The molecule has 2 atom stereocenters. The Morgan fingerprint density at radius 2 is 1.95 bits per heavy atom. The van der Waals surface area contributed by atoms with Gasteiger partial charge in [0.2, 0.25) is 0 Å². The van der Waals surface area contributed by atoms with Crippen molar-refractivity contribution >= 4 is 12.0 Å². The highest BCUT2D eigenvalue weighted by molar-refractivity contribution is 5.85. The molecule has 0 radical (unpaired) electrons. The van der Waals surface area contributed by atoms with Gasteiger partial charge in [0.05, 0.1) is 19.8 Å². The van der Waals surface area contributed by atoms with Crippen LogP contribution >= 0.6 is 0 Å². The average molecular weight is 274 g/mol. The van der Waals surface area contributed by atoms with Gasteiger partial charge in [0.15, 0.2) is 0 Å². The summed E-state index contributed by atoms with van der Waals surface area (Å²) < 4.78 is 5.23. The van der Waals surface area contributed by atoms with Crippen molar-refractivity contribution in [1.82, 2.24) is 9.96 Å². The molecule has 1 saturated heterocycles. The topological polar surface area (TPSA) is 79.3 Å². The molecule has 2 amide bonds. The molecule has 19 heavy (non-hydrogen) atoms. The molecule has 1 aliphatic rings. The zero-order chi connectivity index (χ0) is 14.8. The minimum absolute atomic E-state index is 0.0862. The molecule has 1 heterocycles. The zero-order valence-electron chi connectivity index (χ0n) is 12.0. The minimum Gasteiger partial charge on any atom is -0.444 e. The second kappa shape index (κ2) is 5.75. The number of ether oxygens (including phenoxy) is 1. The van der Waals surface area contributed by atoms with Gasteiger partial charge < -0.3 is 9.84 Å². The van der Waals surface area contributed by atoms with Crippen molar-refractivity contribution in [3.63, 3.8) is 0 Å². The van der Waals surface area contributed by atoms with E-state index in [4.69, 9.17) is 9.57 Å². The third kappa shape index (κ3) is 4.07. The Labute approximate surface area is 113 Å². The molecule has 1 aliphatic heterocycles. The summed E-state index contributed by atoms with van der Waals surface area (Å²) in [5, 5.41) is 10.7. The molecule has 0 aromatic heterocycles. The lowest BCUT2D eigenvalue weighted by molar-refractivity contribution is -0.173. The van der Waals surface area contributed by atoms with Crippen molar-refractivity contribution in [2.24, 2.45) is 0 Å². The summed E-state index contributed by atoms with van der Waals surface area (Å²) >= 11 is 0. The van der Waals surface area contributed by atoms with Crippen LogP contribution in [0, 0.1) is 0 Å². The second-order valence-corrected chi connectivity index (χ2v) is 5.56. The summed E-state index contributed by atoms with van der Waals surface area (Å²) in [4.78, 5) is 30.1. The molecule has 7 nitrogen and oxygen atoms in total. The molecular weight excluding hydrogens is 252 g/mol. The van der Waals surface area contributed by atoms with Gasteiger partial charge in [0.1, 0.15) is 11.6 Å². The number of hydrogen-bond donors (Lipinski definition) is 1. The highest BCUT2D eigenvalue weighted by Gasteiger charge is 2.42. The Kier molecular flexibility index (Phi) is 4.75. The lowest BCUT2D eigenvalue weighted by Gasteiger charge is -2.29. The first kappa shape index (κ1) is 15.7. The van der Waals surface area contributed by atoms with Gasteiger partial charge in [-0.1, -0.05) is 0 Å². The number of likely N-dealkylation sites (N-methyl/N-ethyl adjacent to an activating group) is 1. The van der Waals surface area contributed by atoms with Gasteiger partial charge in [-0.15, -0.1) is 0 Å². The average Bonchev–Trinajstić information content (AvgIpc) is 2.67. The predicted octanol–water partition coefficient (Wildman–Crippen LogP) is 0.376. The van der Waals surface area contributed by atoms with Gasteiger partial charge >= 0.3 is 6.09 Å². The lowest BCUT2D eigenvalue weighted by Crippen LogP contribution is -2.47. The summed E-state index contributed by atoms with van der Waals surface area (Å²) in [6, 6.07) is -0.755. The monoisotopic (exact) mass is 274 g/mol. The van der Waals surface area contributed by atoms with Gasteiger partial charge in [-0.05, 0) is 20.8 Å². The van der Waals surface area contributed by atoms with E-state index >= 15 is 0 Å². The number of aliphatic hydroxyl groups is 1. The van der Waals surface area contributed by atoms with Crippen LogP contribution in [0.15, 0.2) is 0 Å². The normalized spacial score (nSPS) is 23.4. The molecular formula is C12H22N2O5. The van der Waals surface area contributed by atoms with E-state index in [1.54, 1.807) is 20.8 Å². The molecule has 0 aromatic rings. The second-order valence-electron chi connectivity index (χ2n) is 5.56. The minimum atomic E-state index is -0.755. The number of hydroxylamine groups is 2. The number of carbonyl (C=O) groups is 2. The van der Waals surface area contributed by atoms with Crippen molar-refractivity contribution in [3.8, 4) is 0 Å². The number of aliphatic hydroxyl groups excluding tert-OH is 1. The first-order valence-corrected chi connectivity index (χ1v) is 6.15. The van der Waals surface area contributed by atoms with E-state index in [0.29, 0.717) is 0 Å². The van der Waals surface area contributed by atoms with Crippen LogP contribution in [0.4, 0.5) is 4.79 Å². The number of hydrogen-bond acceptors (Lipinski definition) is 5. The molecule has 110 valence electrons. The molecule has 0 bridgehead atoms. The molecule has 0 aliphatic carbocycles. The van der Waals surface area contributed by atoms with E-state index < -0.39 is 23.8 Å². The summed E-state index contributed by atoms with van der Waals surface area (Å²) in [5.41, 5.74) is -0.647. The van der Waals surface area contributed by atoms with Crippen LogP contribution in [0.1, 0.15) is 27.2 Å². The van der Waals surface area contributed by atoms with Crippen molar-refractivity contribution < 1.29 is 24.3 Å². The van der Waals surface area contributed by atoms with E-state index in [2.05, 4.69) is 0 Å². The largest absolute Gasteiger partial charge is 0.444 e. The number of β-amino-alcohol motifs (C(OH)–C–C–N with tert-alkyl or cyclic N) is 1. The third-order valence-corrected chi connectivity index (χ3v) is 2.78. The molecule has 1 unspecified atom stereocenters. The van der Waals surface area contributed by atoms with Gasteiger partial charge in [0, 0.05) is 13.5 Å². The third-order valence-electron chi connectivity index (χ3n) is 2.78. The van der Waals surface area contributed by atoms with Crippen molar-refractivity contribution in [1.29, 1.82) is 0 Å². The van der Waals surface area contributed by atoms with Gasteiger partial charge in [-0.3, -0.25) is 14.5 Å². The SMILES string of the molecule is CON(C)C(=O)[C@@H]1CC(O)CN1C(=O)OC(C)(C)C. The Bertz CT molecular complexity index is 353. The highest BCUT2D eigenvalue weighted by Crippen LogP contribution is 2.22. The van der Waals surface area contributed by atoms with E-state index in [-0.39, 0.29) is 18.9 Å². The Balaban J connectivity index is 2.80. The summed E-state index contributed by atoms with van der Waals surface area (Å²) in [6.45, 7) is 5.32. The molecule has 1 rings (SSSR count). The van der Waals surface area contributed by atoms with Crippen LogP contribution in [0.3, 0.4) is 0 Å². The standard InChI is InChI=1S/C12H22N2O5/c1-12(2,3)19-11(17)14-7-8(15)6-9(14)10(16)13(4)18-5/h8-9,15H,6-7H2,1-5H3/t8?,9-/m0/s1. The maximum Gasteiger partial charge on any atom is 0.411 e. The highest BCUT2D eigenvalue weighted by atomic mass is 16.7. The summed E-state index contributed by atoms with van der Waals surface area (Å²) in [7, 11) is 2.82. The van der Waals surface area contributed by atoms with Gasteiger partial charge in [0.25, 0.3) is 5.91 Å². The molecule has 1 N–H and O–H groups in total. The van der Waals surface area contributed by atoms with E-state index in [1.165, 1.54) is 19.1 Å². The zero-order valence-corrected chi connectivity index (χ0v) is 12.0. The molecule has 1 fully saturated rings. The fraction of sp³-hybridized carbons (Fsp3) is 0.833. The molecule has 0 spiro atoms. The fourth-order valence-corrected chi connectivity index (χ4v) is 1.87. The Morgan fingerprint density at radius 1 is 1.37 bits per heavy atom. The molecule has 0 aromatic carbocycles. The maximum atomic E-state index is 12.0. The van der Waals surface area contributed by atoms with E-state index in [0.717, 1.165) is 5.06 Å². The summed E-state index contributed by atoms with van der Waals surface area (Å²) in [6.07, 6.45) is -1.15. The van der Waals surface area contributed by atoms with Gasteiger partial charge in [-0.2, -0.15) is 0 Å². The quantitative estimate of drug-likeness (QED) is 0.736. The van der Waals surface area contributed by atoms with E-state index in [9.17, 15) is 14.7 Å². The van der Waals surface area contributed by atoms with Crippen molar-refractivity contribution in [2.75, 3.05) is 20.7 Å². The first-order valence-electron chi connectivity index (χ1n) is 6.15. The van der Waals surface area contributed by atoms with E-state index in [1.807, 2.05) is 0 Å². The van der Waals surface area contributed by atoms with Gasteiger partial charge in [-0.25, -0.2) is 9.86 Å². The number of carbonyl (C=O) groups excluding carboxylic acids is 2. The van der Waals surface area contributed by atoms with Crippen LogP contribution in [0.5, 0.6) is 0 Å². The van der Waals surface area contributed by atoms with Crippen LogP contribution < -0.4 is 0 Å². The summed E-state index contributed by atoms with van der Waals surface area (Å²) in [5.74, 6) is -0.384.